The maximum absolute atomic E-state index is 5.63. The average Bonchev–Trinajstić information content (AvgIpc) is 2.61. The summed E-state index contributed by atoms with van der Waals surface area (Å²) in [5, 5.41) is 8.35. The second-order valence-electron chi connectivity index (χ2n) is 4.82. The van der Waals surface area contributed by atoms with Crippen LogP contribution in [0.15, 0.2) is 88.1 Å². The molecule has 5 heteroatoms. The van der Waals surface area contributed by atoms with Gasteiger partial charge in [-0.05, 0) is 60.7 Å². The molecule has 2 aromatic carbocycles. The van der Waals surface area contributed by atoms with Crippen LogP contribution in [0.1, 0.15) is 5.69 Å². The Kier molecular flexibility index (Phi) is 4.49. The van der Waals surface area contributed by atoms with Crippen molar-refractivity contribution in [1.82, 2.24) is 4.98 Å². The van der Waals surface area contributed by atoms with E-state index in [2.05, 4.69) is 20.2 Å². The number of aromatic nitrogens is 1. The Morgan fingerprint density at radius 3 is 1.96 bits per heavy atom. The average molecular weight is 301 g/mol. The molecule has 112 valence electrons. The first-order valence-electron chi connectivity index (χ1n) is 7.12. The second kappa shape index (κ2) is 7.09. The fraction of sp³-hybridized carbons (Fsp3) is 0. The molecule has 0 aliphatic heterocycles. The molecule has 2 N–H and O–H groups in total. The quantitative estimate of drug-likeness (QED) is 0.425. The van der Waals surface area contributed by atoms with E-state index in [1.165, 1.54) is 0 Å². The lowest BCUT2D eigenvalue weighted by Gasteiger charge is -1.96. The van der Waals surface area contributed by atoms with Crippen LogP contribution in [0.5, 0.6) is 0 Å². The number of hydrogen-bond acceptors (Lipinski definition) is 5. The maximum Gasteiger partial charge on any atom is 0.0858 e. The highest BCUT2D eigenvalue weighted by molar-refractivity contribution is 5.79. The Morgan fingerprint density at radius 2 is 1.35 bits per heavy atom. The van der Waals surface area contributed by atoms with Gasteiger partial charge >= 0.3 is 0 Å². The molecule has 0 unspecified atom stereocenters. The normalized spacial score (nSPS) is 11.3. The van der Waals surface area contributed by atoms with Gasteiger partial charge < -0.3 is 5.73 Å². The highest BCUT2D eigenvalue weighted by Gasteiger charge is 1.93. The molecule has 3 aromatic rings. The Morgan fingerprint density at radius 1 is 0.739 bits per heavy atom. The van der Waals surface area contributed by atoms with Crippen LogP contribution in [-0.4, -0.2) is 11.2 Å². The number of rotatable bonds is 4. The molecule has 0 saturated carbocycles. The van der Waals surface area contributed by atoms with Gasteiger partial charge in [0.05, 0.1) is 29.0 Å². The summed E-state index contributed by atoms with van der Waals surface area (Å²) in [6.07, 6.45) is 3.47. The van der Waals surface area contributed by atoms with E-state index in [0.717, 1.165) is 22.8 Å². The molecular formula is C18H15N5. The van der Waals surface area contributed by atoms with Crippen molar-refractivity contribution < 1.29 is 0 Å². The van der Waals surface area contributed by atoms with Crippen molar-refractivity contribution in [1.29, 1.82) is 0 Å². The summed E-state index contributed by atoms with van der Waals surface area (Å²) in [4.78, 5) is 8.56. The van der Waals surface area contributed by atoms with E-state index in [9.17, 15) is 0 Å². The predicted molar refractivity (Wildman–Crippen MR) is 93.0 cm³/mol. The van der Waals surface area contributed by atoms with Crippen molar-refractivity contribution in [2.45, 2.75) is 0 Å². The van der Waals surface area contributed by atoms with Crippen molar-refractivity contribution in [2.24, 2.45) is 15.2 Å². The Balaban J connectivity index is 1.67. The van der Waals surface area contributed by atoms with E-state index in [1.807, 2.05) is 54.6 Å². The lowest BCUT2D eigenvalue weighted by atomic mass is 10.3. The summed E-state index contributed by atoms with van der Waals surface area (Å²) in [7, 11) is 0. The zero-order valence-electron chi connectivity index (χ0n) is 12.4. The van der Waals surface area contributed by atoms with Crippen LogP contribution >= 0.6 is 0 Å². The van der Waals surface area contributed by atoms with E-state index >= 15 is 0 Å². The van der Waals surface area contributed by atoms with Gasteiger partial charge in [0, 0.05) is 11.9 Å². The summed E-state index contributed by atoms with van der Waals surface area (Å²) < 4.78 is 0. The van der Waals surface area contributed by atoms with E-state index in [4.69, 9.17) is 5.73 Å². The van der Waals surface area contributed by atoms with E-state index < -0.39 is 0 Å². The largest absolute Gasteiger partial charge is 0.399 e. The van der Waals surface area contributed by atoms with Gasteiger partial charge in [-0.1, -0.05) is 6.07 Å². The number of pyridine rings is 1. The molecule has 23 heavy (non-hydrogen) atoms. The van der Waals surface area contributed by atoms with Gasteiger partial charge in [0.25, 0.3) is 0 Å². The van der Waals surface area contributed by atoms with Gasteiger partial charge in [0.15, 0.2) is 0 Å². The standard InChI is InChI=1S/C18H15N5/c19-14-4-6-16(7-5-14)22-23-17-10-8-15(9-11-17)21-13-18-3-1-2-12-20-18/h1-13H,19H2/b21-13+,23-22+. The summed E-state index contributed by atoms with van der Waals surface area (Å²) in [6, 6.07) is 20.4. The van der Waals surface area contributed by atoms with Gasteiger partial charge in [-0.2, -0.15) is 10.2 Å². The third-order valence-electron chi connectivity index (χ3n) is 3.06. The fourth-order valence-electron chi connectivity index (χ4n) is 1.85. The minimum atomic E-state index is 0.707. The number of nitrogens with two attached hydrogens (primary N) is 1. The first-order chi connectivity index (χ1) is 11.3. The molecular weight excluding hydrogens is 286 g/mol. The topological polar surface area (TPSA) is 76.0 Å². The molecule has 0 saturated heterocycles. The summed E-state index contributed by atoms with van der Waals surface area (Å²) in [6.45, 7) is 0. The molecule has 0 bridgehead atoms. The van der Waals surface area contributed by atoms with E-state index in [1.54, 1.807) is 24.5 Å². The molecule has 0 atom stereocenters. The Hall–Kier alpha value is -3.34. The Labute approximate surface area is 134 Å². The molecule has 0 radical (unpaired) electrons. The third kappa shape index (κ3) is 4.31. The van der Waals surface area contributed by atoms with Crippen molar-refractivity contribution in [2.75, 3.05) is 5.73 Å². The zero-order valence-corrected chi connectivity index (χ0v) is 12.4. The van der Waals surface area contributed by atoms with Gasteiger partial charge in [-0.3, -0.25) is 9.98 Å². The molecule has 5 nitrogen and oxygen atoms in total. The number of benzene rings is 2. The van der Waals surface area contributed by atoms with Crippen LogP contribution in [-0.2, 0) is 0 Å². The molecule has 0 aliphatic rings. The van der Waals surface area contributed by atoms with Crippen LogP contribution in [0.2, 0.25) is 0 Å². The first-order valence-corrected chi connectivity index (χ1v) is 7.12. The van der Waals surface area contributed by atoms with E-state index in [-0.39, 0.29) is 0 Å². The smallest absolute Gasteiger partial charge is 0.0858 e. The van der Waals surface area contributed by atoms with E-state index in [0.29, 0.717) is 5.69 Å². The highest BCUT2D eigenvalue weighted by Crippen LogP contribution is 2.22. The molecule has 0 spiro atoms. The van der Waals surface area contributed by atoms with Crippen molar-refractivity contribution in [3.63, 3.8) is 0 Å². The molecule has 1 aromatic heterocycles. The molecule has 1 heterocycles. The predicted octanol–water partition coefficient (Wildman–Crippen LogP) is 4.83. The first kappa shape index (κ1) is 14.6. The number of nitrogens with zero attached hydrogens (tertiary/aromatic N) is 4. The highest BCUT2D eigenvalue weighted by atomic mass is 15.1. The summed E-state index contributed by atoms with van der Waals surface area (Å²) in [5.74, 6) is 0. The minimum absolute atomic E-state index is 0.707. The monoisotopic (exact) mass is 301 g/mol. The number of hydrogen-bond donors (Lipinski definition) is 1. The van der Waals surface area contributed by atoms with Crippen LogP contribution in [0.3, 0.4) is 0 Å². The number of nitrogen functional groups attached to an aromatic ring is 1. The number of aliphatic imine (C=N–C) groups is 1. The minimum Gasteiger partial charge on any atom is -0.399 e. The molecule has 0 aliphatic carbocycles. The Bertz CT molecular complexity index is 806. The number of azo groups is 1. The second-order valence-corrected chi connectivity index (χ2v) is 4.82. The maximum atomic E-state index is 5.63. The SMILES string of the molecule is Nc1ccc(/N=N/c2ccc(/N=C/c3ccccn3)cc2)cc1. The zero-order chi connectivity index (χ0) is 15.9. The van der Waals surface area contributed by atoms with Crippen LogP contribution in [0, 0.1) is 0 Å². The third-order valence-corrected chi connectivity index (χ3v) is 3.06. The van der Waals surface area contributed by atoms with Crippen LogP contribution < -0.4 is 5.73 Å². The molecule has 3 rings (SSSR count). The van der Waals surface area contributed by atoms with Gasteiger partial charge in [-0.15, -0.1) is 0 Å². The van der Waals surface area contributed by atoms with Gasteiger partial charge in [-0.25, -0.2) is 0 Å². The van der Waals surface area contributed by atoms with Crippen LogP contribution in [0.25, 0.3) is 0 Å². The van der Waals surface area contributed by atoms with Crippen LogP contribution in [0.4, 0.5) is 22.7 Å². The molecule has 0 fully saturated rings. The molecule has 0 amide bonds. The summed E-state index contributed by atoms with van der Waals surface area (Å²) >= 11 is 0. The van der Waals surface area contributed by atoms with Gasteiger partial charge in [0.1, 0.15) is 0 Å². The van der Waals surface area contributed by atoms with Crippen molar-refractivity contribution in [3.8, 4) is 0 Å². The lowest BCUT2D eigenvalue weighted by Crippen LogP contribution is -1.83. The lowest BCUT2D eigenvalue weighted by molar-refractivity contribution is 1.23. The summed E-state index contributed by atoms with van der Waals surface area (Å²) in [5.41, 5.74) is 9.52. The van der Waals surface area contributed by atoms with Crippen molar-refractivity contribution >= 4 is 29.0 Å². The van der Waals surface area contributed by atoms with Gasteiger partial charge in [0.2, 0.25) is 0 Å². The number of anilines is 1. The van der Waals surface area contributed by atoms with Crippen molar-refractivity contribution in [3.05, 3.63) is 78.6 Å². The fourth-order valence-corrected chi connectivity index (χ4v) is 1.85.